The van der Waals surface area contributed by atoms with Crippen molar-refractivity contribution in [3.05, 3.63) is 17.1 Å². The van der Waals surface area contributed by atoms with Crippen LogP contribution in [0.15, 0.2) is 16.4 Å². The van der Waals surface area contributed by atoms with Crippen molar-refractivity contribution < 1.29 is 4.79 Å². The van der Waals surface area contributed by atoms with Gasteiger partial charge >= 0.3 is 0 Å². The second-order valence-corrected chi connectivity index (χ2v) is 4.98. The van der Waals surface area contributed by atoms with Crippen LogP contribution in [0, 0.1) is 11.3 Å². The molecular weight excluding hydrogens is 250 g/mol. The number of Topliss-reactive ketones (excluding diaryl/α,β-unsaturated/α-hetero) is 1. The van der Waals surface area contributed by atoms with Crippen LogP contribution in [-0.2, 0) is 4.79 Å². The number of rotatable bonds is 5. The molecular formula is C11H15N5OS. The Hall–Kier alpha value is -1.81. The monoisotopic (exact) mass is 265 g/mol. The van der Waals surface area contributed by atoms with Gasteiger partial charge in [0.2, 0.25) is 5.16 Å². The fourth-order valence-corrected chi connectivity index (χ4v) is 1.83. The molecule has 0 atom stereocenters. The zero-order chi connectivity index (χ0) is 13.7. The molecule has 0 saturated carbocycles. The van der Waals surface area contributed by atoms with Crippen LogP contribution in [0.1, 0.15) is 32.5 Å². The second kappa shape index (κ2) is 6.21. The molecule has 1 aromatic rings. The Kier molecular flexibility index (Phi) is 4.92. The molecule has 0 amide bonds. The number of hydrogen-bond donors (Lipinski definition) is 2. The van der Waals surface area contributed by atoms with E-state index in [1.54, 1.807) is 6.07 Å². The van der Waals surface area contributed by atoms with E-state index >= 15 is 0 Å². The SMILES string of the molecule is C/C(N)=C(\C#N)C(=O)CSc1n[nH]c(C(C)C)n1. The predicted molar refractivity (Wildman–Crippen MR) is 68.7 cm³/mol. The van der Waals surface area contributed by atoms with E-state index < -0.39 is 0 Å². The Morgan fingerprint density at radius 1 is 1.61 bits per heavy atom. The van der Waals surface area contributed by atoms with Gasteiger partial charge in [0.05, 0.1) is 5.75 Å². The van der Waals surface area contributed by atoms with E-state index in [-0.39, 0.29) is 28.7 Å². The summed E-state index contributed by atoms with van der Waals surface area (Å²) in [6.07, 6.45) is 0. The zero-order valence-corrected chi connectivity index (χ0v) is 11.3. The lowest BCUT2D eigenvalue weighted by Crippen LogP contribution is -2.10. The van der Waals surface area contributed by atoms with Crippen LogP contribution in [0.3, 0.4) is 0 Å². The van der Waals surface area contributed by atoms with E-state index in [4.69, 9.17) is 11.0 Å². The van der Waals surface area contributed by atoms with Crippen LogP contribution in [0.2, 0.25) is 0 Å². The lowest BCUT2D eigenvalue weighted by Gasteiger charge is -1.98. The fourth-order valence-electron chi connectivity index (χ4n) is 1.15. The summed E-state index contributed by atoms with van der Waals surface area (Å²) < 4.78 is 0. The minimum atomic E-state index is -0.307. The lowest BCUT2D eigenvalue weighted by atomic mass is 10.2. The van der Waals surface area contributed by atoms with Crippen LogP contribution >= 0.6 is 11.8 Å². The van der Waals surface area contributed by atoms with E-state index in [2.05, 4.69) is 15.2 Å². The predicted octanol–water partition coefficient (Wildman–Crippen LogP) is 1.35. The fraction of sp³-hybridized carbons (Fsp3) is 0.455. The van der Waals surface area contributed by atoms with Crippen molar-refractivity contribution in [2.45, 2.75) is 31.8 Å². The molecule has 0 aliphatic carbocycles. The molecule has 0 unspecified atom stereocenters. The Morgan fingerprint density at radius 2 is 2.28 bits per heavy atom. The highest BCUT2D eigenvalue weighted by atomic mass is 32.2. The number of nitrogens with zero attached hydrogens (tertiary/aromatic N) is 3. The lowest BCUT2D eigenvalue weighted by molar-refractivity contribution is -0.112. The van der Waals surface area contributed by atoms with Crippen molar-refractivity contribution in [1.29, 1.82) is 5.26 Å². The molecule has 0 aliphatic rings. The highest BCUT2D eigenvalue weighted by Crippen LogP contribution is 2.17. The minimum absolute atomic E-state index is 0.00196. The maximum atomic E-state index is 11.7. The Balaban J connectivity index is 2.63. The molecule has 1 aromatic heterocycles. The molecule has 0 bridgehead atoms. The minimum Gasteiger partial charge on any atom is -0.401 e. The first-order chi connectivity index (χ1) is 8.45. The van der Waals surface area contributed by atoms with Gasteiger partial charge in [0.1, 0.15) is 17.5 Å². The summed E-state index contributed by atoms with van der Waals surface area (Å²) >= 11 is 1.18. The largest absolute Gasteiger partial charge is 0.401 e. The number of carbonyl (C=O) groups is 1. The Bertz CT molecular complexity index is 508. The normalized spacial score (nSPS) is 12.2. The number of carbonyl (C=O) groups excluding carboxylic acids is 1. The summed E-state index contributed by atoms with van der Waals surface area (Å²) in [6.45, 7) is 5.52. The van der Waals surface area contributed by atoms with Gasteiger partial charge in [-0.1, -0.05) is 25.6 Å². The number of nitrogens with one attached hydrogen (secondary N) is 1. The van der Waals surface area contributed by atoms with Gasteiger partial charge in [0.25, 0.3) is 0 Å². The first-order valence-electron chi connectivity index (χ1n) is 5.40. The maximum Gasteiger partial charge on any atom is 0.208 e. The standard InChI is InChI=1S/C11H15N5OS/c1-6(2)10-14-11(16-15-10)18-5-9(17)8(4-12)7(3)13/h6H,5,13H2,1-3H3,(H,14,15,16)/b8-7-. The molecule has 0 saturated heterocycles. The first-order valence-corrected chi connectivity index (χ1v) is 6.39. The molecule has 0 aromatic carbocycles. The quantitative estimate of drug-likeness (QED) is 0.472. The summed E-state index contributed by atoms with van der Waals surface area (Å²) in [6, 6.07) is 1.80. The van der Waals surface area contributed by atoms with Gasteiger partial charge in [-0.15, -0.1) is 5.10 Å². The van der Waals surface area contributed by atoms with Gasteiger partial charge < -0.3 is 5.73 Å². The van der Waals surface area contributed by atoms with E-state index in [1.807, 2.05) is 13.8 Å². The number of H-pyrrole nitrogens is 1. The van der Waals surface area contributed by atoms with E-state index in [0.717, 1.165) is 5.82 Å². The number of aromatic amines is 1. The van der Waals surface area contributed by atoms with Crippen LogP contribution < -0.4 is 5.73 Å². The van der Waals surface area contributed by atoms with Crippen LogP contribution in [0.4, 0.5) is 0 Å². The van der Waals surface area contributed by atoms with Crippen molar-refractivity contribution in [3.8, 4) is 6.07 Å². The van der Waals surface area contributed by atoms with Crippen molar-refractivity contribution >= 4 is 17.5 Å². The summed E-state index contributed by atoms with van der Waals surface area (Å²) in [5.74, 6) is 0.824. The number of ketones is 1. The number of aromatic nitrogens is 3. The highest BCUT2D eigenvalue weighted by Gasteiger charge is 2.14. The van der Waals surface area contributed by atoms with Crippen molar-refractivity contribution in [1.82, 2.24) is 15.2 Å². The average Bonchev–Trinajstić information content (AvgIpc) is 2.75. The number of nitriles is 1. The van der Waals surface area contributed by atoms with Crippen molar-refractivity contribution in [3.63, 3.8) is 0 Å². The smallest absolute Gasteiger partial charge is 0.208 e. The van der Waals surface area contributed by atoms with Gasteiger partial charge in [-0.2, -0.15) is 5.26 Å². The molecule has 3 N–H and O–H groups in total. The third kappa shape index (κ3) is 3.60. The van der Waals surface area contributed by atoms with E-state index in [0.29, 0.717) is 5.16 Å². The first kappa shape index (κ1) is 14.3. The molecule has 1 rings (SSSR count). The van der Waals surface area contributed by atoms with Crippen LogP contribution in [0.5, 0.6) is 0 Å². The molecule has 0 fully saturated rings. The summed E-state index contributed by atoms with van der Waals surface area (Å²) in [5, 5.41) is 16.1. The van der Waals surface area contributed by atoms with Gasteiger partial charge in [-0.25, -0.2) is 4.98 Å². The third-order valence-electron chi connectivity index (χ3n) is 2.15. The molecule has 0 aliphatic heterocycles. The van der Waals surface area contributed by atoms with Crippen LogP contribution in [-0.4, -0.2) is 26.7 Å². The number of thioether (sulfide) groups is 1. The van der Waals surface area contributed by atoms with Gasteiger partial charge in [0.15, 0.2) is 5.78 Å². The van der Waals surface area contributed by atoms with E-state index in [9.17, 15) is 4.79 Å². The number of hydrogen-bond acceptors (Lipinski definition) is 6. The Morgan fingerprint density at radius 3 is 2.72 bits per heavy atom. The third-order valence-corrected chi connectivity index (χ3v) is 2.99. The topological polar surface area (TPSA) is 108 Å². The maximum absolute atomic E-state index is 11.7. The molecule has 0 radical (unpaired) electrons. The average molecular weight is 265 g/mol. The molecule has 6 nitrogen and oxygen atoms in total. The number of allylic oxidation sites excluding steroid dienone is 2. The molecule has 1 heterocycles. The van der Waals surface area contributed by atoms with Gasteiger partial charge in [-0.05, 0) is 6.92 Å². The second-order valence-electron chi connectivity index (χ2n) is 4.04. The molecule has 7 heteroatoms. The summed E-state index contributed by atoms with van der Waals surface area (Å²) in [7, 11) is 0. The van der Waals surface area contributed by atoms with Gasteiger partial charge in [0, 0.05) is 11.6 Å². The van der Waals surface area contributed by atoms with E-state index in [1.165, 1.54) is 18.7 Å². The molecule has 18 heavy (non-hydrogen) atoms. The molecule has 96 valence electrons. The van der Waals surface area contributed by atoms with Crippen molar-refractivity contribution in [2.75, 3.05) is 5.75 Å². The Labute approximate surface area is 110 Å². The van der Waals surface area contributed by atoms with Crippen LogP contribution in [0.25, 0.3) is 0 Å². The van der Waals surface area contributed by atoms with Crippen molar-refractivity contribution in [2.24, 2.45) is 5.73 Å². The zero-order valence-electron chi connectivity index (χ0n) is 10.5. The summed E-state index contributed by atoms with van der Waals surface area (Å²) in [4.78, 5) is 15.9. The van der Waals surface area contributed by atoms with Gasteiger partial charge in [-0.3, -0.25) is 9.89 Å². The highest BCUT2D eigenvalue weighted by molar-refractivity contribution is 7.99. The summed E-state index contributed by atoms with van der Waals surface area (Å²) in [5.41, 5.74) is 5.69. The number of nitrogens with two attached hydrogens (primary N) is 1. The molecule has 0 spiro atoms.